The van der Waals surface area contributed by atoms with Gasteiger partial charge in [0.25, 0.3) is 5.91 Å². The molecule has 0 aromatic heterocycles. The Labute approximate surface area is 182 Å². The molecule has 4 atom stereocenters. The second-order valence-corrected chi connectivity index (χ2v) is 7.97. The lowest BCUT2D eigenvalue weighted by Gasteiger charge is -2.26. The first-order valence-electron chi connectivity index (χ1n) is 11.0. The van der Waals surface area contributed by atoms with Crippen LogP contribution in [-0.4, -0.2) is 82.6 Å². The summed E-state index contributed by atoms with van der Waals surface area (Å²) in [7, 11) is 6.09. The van der Waals surface area contributed by atoms with E-state index < -0.39 is 12.1 Å². The Morgan fingerprint density at radius 2 is 1.83 bits per heavy atom. The molecule has 0 aromatic carbocycles. The number of esters is 1. The summed E-state index contributed by atoms with van der Waals surface area (Å²) in [4.78, 5) is 23.3. The maximum absolute atomic E-state index is 11.8. The largest absolute Gasteiger partial charge is 0.456 e. The van der Waals surface area contributed by atoms with Crippen LogP contribution in [0.15, 0.2) is 0 Å². The average Bonchev–Trinajstić information content (AvgIpc) is 2.96. The highest BCUT2D eigenvalue weighted by atomic mass is 16.6. The lowest BCUT2D eigenvalue weighted by atomic mass is 9.92. The summed E-state index contributed by atoms with van der Waals surface area (Å²) in [5.41, 5.74) is 0. The number of hydrogen-bond donors (Lipinski definition) is 1. The molecule has 0 aliphatic carbocycles. The summed E-state index contributed by atoms with van der Waals surface area (Å²) in [6.07, 6.45) is 2.00. The zero-order valence-electron chi connectivity index (χ0n) is 19.1. The molecule has 2 radical (unpaired) electrons. The smallest absolute Gasteiger partial charge is 0.306 e. The Kier molecular flexibility index (Phi) is 13.2. The van der Waals surface area contributed by atoms with E-state index in [9.17, 15) is 9.59 Å². The fraction of sp³-hybridized carbons (Fsp3) is 0.905. The van der Waals surface area contributed by atoms with Gasteiger partial charge in [-0.15, -0.1) is 0 Å². The number of ether oxygens (including phenoxy) is 5. The average molecular weight is 427 g/mol. The third kappa shape index (κ3) is 10.7. The van der Waals surface area contributed by atoms with Gasteiger partial charge in [-0.2, -0.15) is 0 Å². The van der Waals surface area contributed by atoms with E-state index >= 15 is 0 Å². The maximum Gasteiger partial charge on any atom is 0.306 e. The predicted molar refractivity (Wildman–Crippen MR) is 113 cm³/mol. The molecule has 0 saturated carbocycles. The van der Waals surface area contributed by atoms with Crippen molar-refractivity contribution in [2.45, 2.75) is 96.8 Å². The summed E-state index contributed by atoms with van der Waals surface area (Å²) >= 11 is 0. The summed E-state index contributed by atoms with van der Waals surface area (Å²) in [6, 6.07) is -0.644. The second kappa shape index (κ2) is 14.8. The van der Waals surface area contributed by atoms with Crippen molar-refractivity contribution in [1.82, 2.24) is 5.32 Å². The van der Waals surface area contributed by atoms with E-state index in [1.807, 2.05) is 27.7 Å². The molecule has 0 aromatic rings. The van der Waals surface area contributed by atoms with E-state index in [1.54, 1.807) is 0 Å². The number of carbonyl (C=O) groups excluding carboxylic acids is 2. The van der Waals surface area contributed by atoms with Crippen molar-refractivity contribution in [1.29, 1.82) is 0 Å². The summed E-state index contributed by atoms with van der Waals surface area (Å²) in [6.45, 7) is 10.4. The molecule has 1 N–H and O–H groups in total. The predicted octanol–water partition coefficient (Wildman–Crippen LogP) is 1.72. The number of hydrogen-bond acceptors (Lipinski definition) is 7. The van der Waals surface area contributed by atoms with Crippen molar-refractivity contribution in [2.75, 3.05) is 26.4 Å². The molecular weight excluding hydrogens is 389 g/mol. The molecular formula is C21H38BNO7. The summed E-state index contributed by atoms with van der Waals surface area (Å²) in [5, 5.41) is 2.66. The standard InChI is InChI=1S/C21H38BNO7/c1-6-7-8-9-18(25)28-13-17(24)23-10-11-26-20-19(29-15(4)5)16(30-21(20)22)12-27-14(2)3/h14-16,19-21H,6-13H2,1-5H3,(H,23,24)/t16-,19+,20?,21-/m1/s1. The number of nitrogens with one attached hydrogen (secondary N) is 1. The van der Waals surface area contributed by atoms with Gasteiger partial charge in [-0.1, -0.05) is 19.8 Å². The Morgan fingerprint density at radius 1 is 1.10 bits per heavy atom. The highest BCUT2D eigenvalue weighted by Crippen LogP contribution is 2.26. The molecule has 1 aliphatic rings. The van der Waals surface area contributed by atoms with Crippen LogP contribution in [0.5, 0.6) is 0 Å². The van der Waals surface area contributed by atoms with Crippen molar-refractivity contribution in [2.24, 2.45) is 0 Å². The Bertz CT molecular complexity index is 504. The third-order valence-corrected chi connectivity index (χ3v) is 4.45. The van der Waals surface area contributed by atoms with Crippen LogP contribution in [0.1, 0.15) is 60.3 Å². The molecule has 1 aliphatic heterocycles. The van der Waals surface area contributed by atoms with Gasteiger partial charge in [0.05, 0.1) is 25.4 Å². The molecule has 1 rings (SSSR count). The minimum Gasteiger partial charge on any atom is -0.456 e. The van der Waals surface area contributed by atoms with Crippen LogP contribution < -0.4 is 5.32 Å². The molecule has 30 heavy (non-hydrogen) atoms. The van der Waals surface area contributed by atoms with Gasteiger partial charge in [0, 0.05) is 19.0 Å². The van der Waals surface area contributed by atoms with Crippen LogP contribution in [0.2, 0.25) is 0 Å². The van der Waals surface area contributed by atoms with Crippen molar-refractivity contribution in [3.05, 3.63) is 0 Å². The van der Waals surface area contributed by atoms with E-state index in [4.69, 9.17) is 31.5 Å². The summed E-state index contributed by atoms with van der Waals surface area (Å²) < 4.78 is 28.2. The van der Waals surface area contributed by atoms with E-state index in [0.717, 1.165) is 19.3 Å². The monoisotopic (exact) mass is 427 g/mol. The zero-order chi connectivity index (χ0) is 22.5. The lowest BCUT2D eigenvalue weighted by Crippen LogP contribution is -2.42. The van der Waals surface area contributed by atoms with Gasteiger partial charge in [0.15, 0.2) is 6.61 Å². The van der Waals surface area contributed by atoms with E-state index in [-0.39, 0.29) is 56.1 Å². The lowest BCUT2D eigenvalue weighted by molar-refractivity contribution is -0.148. The normalized spacial score (nSPS) is 23.8. The molecule has 1 amide bonds. The van der Waals surface area contributed by atoms with Gasteiger partial charge in [-0.05, 0) is 34.1 Å². The number of carbonyl (C=O) groups is 2. The second-order valence-electron chi connectivity index (χ2n) is 7.97. The van der Waals surface area contributed by atoms with Crippen LogP contribution in [0.3, 0.4) is 0 Å². The molecule has 1 unspecified atom stereocenters. The first kappa shape index (κ1) is 26.9. The summed E-state index contributed by atoms with van der Waals surface area (Å²) in [5.74, 6) is -0.722. The maximum atomic E-state index is 11.8. The SMILES string of the molecule is [B][C@@H]1O[C@H](COC(C)C)[C@H](OC(C)C)C1OCCNC(=O)COC(=O)CCCCC. The van der Waals surface area contributed by atoms with Gasteiger partial charge in [-0.3, -0.25) is 9.59 Å². The van der Waals surface area contributed by atoms with Gasteiger partial charge in [0.2, 0.25) is 0 Å². The van der Waals surface area contributed by atoms with Crippen LogP contribution in [0.25, 0.3) is 0 Å². The Hall–Kier alpha value is -1.16. The van der Waals surface area contributed by atoms with E-state index in [0.29, 0.717) is 13.0 Å². The Morgan fingerprint density at radius 3 is 2.47 bits per heavy atom. The van der Waals surface area contributed by atoms with Crippen LogP contribution >= 0.6 is 0 Å². The first-order chi connectivity index (χ1) is 14.2. The van der Waals surface area contributed by atoms with Gasteiger partial charge in [-0.25, -0.2) is 0 Å². The zero-order valence-corrected chi connectivity index (χ0v) is 19.1. The molecule has 8 nitrogen and oxygen atoms in total. The van der Waals surface area contributed by atoms with Crippen LogP contribution in [0.4, 0.5) is 0 Å². The fourth-order valence-corrected chi connectivity index (χ4v) is 3.02. The molecule has 1 fully saturated rings. The molecule has 172 valence electrons. The fourth-order valence-electron chi connectivity index (χ4n) is 3.02. The van der Waals surface area contributed by atoms with E-state index in [2.05, 4.69) is 12.2 Å². The molecule has 0 bridgehead atoms. The van der Waals surface area contributed by atoms with E-state index in [1.165, 1.54) is 0 Å². The first-order valence-corrected chi connectivity index (χ1v) is 11.0. The minimum absolute atomic E-state index is 0.0248. The van der Waals surface area contributed by atoms with Crippen LogP contribution in [0, 0.1) is 0 Å². The number of rotatable bonds is 15. The highest BCUT2D eigenvalue weighted by Gasteiger charge is 2.44. The number of unbranched alkanes of at least 4 members (excludes halogenated alkanes) is 2. The topological polar surface area (TPSA) is 92.3 Å². The van der Waals surface area contributed by atoms with Crippen molar-refractivity contribution < 1.29 is 33.3 Å². The minimum atomic E-state index is -0.644. The van der Waals surface area contributed by atoms with Crippen LogP contribution in [-0.2, 0) is 33.3 Å². The van der Waals surface area contributed by atoms with Crippen molar-refractivity contribution >= 4 is 19.7 Å². The highest BCUT2D eigenvalue weighted by molar-refractivity contribution is 6.11. The van der Waals surface area contributed by atoms with Crippen molar-refractivity contribution in [3.63, 3.8) is 0 Å². The molecule has 9 heteroatoms. The third-order valence-electron chi connectivity index (χ3n) is 4.45. The van der Waals surface area contributed by atoms with Gasteiger partial charge in [0.1, 0.15) is 26.2 Å². The molecule has 0 spiro atoms. The van der Waals surface area contributed by atoms with Crippen molar-refractivity contribution in [3.8, 4) is 0 Å². The molecule has 1 saturated heterocycles. The molecule has 1 heterocycles. The quantitative estimate of drug-likeness (QED) is 0.242. The van der Waals surface area contributed by atoms with Gasteiger partial charge < -0.3 is 29.0 Å². The number of amides is 1. The van der Waals surface area contributed by atoms with Gasteiger partial charge >= 0.3 is 5.97 Å². The Balaban J connectivity index is 2.35.